The molecule has 14 heteroatoms. The van der Waals surface area contributed by atoms with Crippen molar-refractivity contribution < 1.29 is 37.5 Å². The molecule has 3 aromatic carbocycles. The Balaban J connectivity index is 1.23. The molecule has 11 nitrogen and oxygen atoms in total. The van der Waals surface area contributed by atoms with Gasteiger partial charge < -0.3 is 29.8 Å². The number of benzene rings is 3. The molecule has 3 heterocycles. The Kier molecular flexibility index (Phi) is 9.61. The Hall–Kier alpha value is -4.21. The molecule has 3 amide bonds. The number of likely N-dealkylation sites (N-methyl/N-ethyl adjacent to an activating group) is 1. The lowest BCUT2D eigenvalue weighted by atomic mass is 9.90. The number of amides is 3. The number of carbonyl (C=O) groups is 3. The summed E-state index contributed by atoms with van der Waals surface area (Å²) in [5, 5.41) is 13.4. The normalized spacial score (nSPS) is 25.1. The summed E-state index contributed by atoms with van der Waals surface area (Å²) >= 11 is 0. The molecule has 0 saturated carbocycles. The Labute approximate surface area is 282 Å². The van der Waals surface area contributed by atoms with Crippen molar-refractivity contribution in [3.05, 3.63) is 83.4 Å². The highest BCUT2D eigenvalue weighted by Crippen LogP contribution is 2.59. The van der Waals surface area contributed by atoms with Gasteiger partial charge in [-0.2, -0.15) is 14.0 Å². The number of carbonyl (C=O) groups excluding carboxylic acids is 3. The van der Waals surface area contributed by atoms with Crippen LogP contribution in [0, 0.1) is 17.2 Å². The smallest absolute Gasteiger partial charge is 0.339 e. The van der Waals surface area contributed by atoms with E-state index in [-0.39, 0.29) is 53.7 Å². The largest absolute Gasteiger partial charge is 0.399 e. The van der Waals surface area contributed by atoms with Crippen LogP contribution >= 0.6 is 7.60 Å². The van der Waals surface area contributed by atoms with Crippen LogP contribution in [0.2, 0.25) is 0 Å². The SMILES string of the molecule is CCN1CC[C@H]2CC[C@@H](C(=O)N3C[C@@H](C#N)[C@H](c4ccccc4)C3)N2C(=O)[C@@H](NC(=O)c2ccc3ccc(C(F)(F)P(=O)(O)O)cc3c2)C1. The second-order valence-corrected chi connectivity index (χ2v) is 14.7. The minimum Gasteiger partial charge on any atom is -0.339 e. The van der Waals surface area contributed by atoms with Gasteiger partial charge in [0.1, 0.15) is 12.1 Å². The van der Waals surface area contributed by atoms with Gasteiger partial charge in [0.05, 0.1) is 12.0 Å². The Morgan fingerprint density at radius 1 is 1.00 bits per heavy atom. The van der Waals surface area contributed by atoms with Gasteiger partial charge in [-0.15, -0.1) is 0 Å². The van der Waals surface area contributed by atoms with Crippen molar-refractivity contribution in [2.75, 3.05) is 32.7 Å². The molecular formula is C35H38F2N5O6P. The number of likely N-dealkylation sites (tertiary alicyclic amines) is 1. The fourth-order valence-corrected chi connectivity index (χ4v) is 7.90. The zero-order chi connectivity index (χ0) is 35.1. The van der Waals surface area contributed by atoms with Gasteiger partial charge in [0.15, 0.2) is 0 Å². The maximum absolute atomic E-state index is 14.4. The van der Waals surface area contributed by atoms with E-state index >= 15 is 0 Å². The van der Waals surface area contributed by atoms with Gasteiger partial charge in [-0.3, -0.25) is 18.9 Å². The Morgan fingerprint density at radius 2 is 1.73 bits per heavy atom. The molecule has 0 radical (unpaired) electrons. The molecular weight excluding hydrogens is 655 g/mol. The second kappa shape index (κ2) is 13.6. The molecule has 3 aliphatic heterocycles. The number of halogens is 2. The Bertz CT molecular complexity index is 1850. The Morgan fingerprint density at radius 3 is 2.43 bits per heavy atom. The van der Waals surface area contributed by atoms with Crippen molar-refractivity contribution in [3.8, 4) is 6.07 Å². The molecule has 0 bridgehead atoms. The van der Waals surface area contributed by atoms with E-state index in [1.54, 1.807) is 9.80 Å². The maximum atomic E-state index is 14.4. The van der Waals surface area contributed by atoms with Crippen LogP contribution in [0.25, 0.3) is 10.8 Å². The fraction of sp³-hybridized carbons (Fsp3) is 0.429. The van der Waals surface area contributed by atoms with Crippen molar-refractivity contribution >= 4 is 36.1 Å². The summed E-state index contributed by atoms with van der Waals surface area (Å²) in [5.74, 6) is -1.73. The summed E-state index contributed by atoms with van der Waals surface area (Å²) in [6.07, 6.45) is 1.77. The van der Waals surface area contributed by atoms with Crippen LogP contribution in [0.5, 0.6) is 0 Å². The highest BCUT2D eigenvalue weighted by Gasteiger charge is 2.51. The van der Waals surface area contributed by atoms with Crippen LogP contribution in [0.4, 0.5) is 8.78 Å². The summed E-state index contributed by atoms with van der Waals surface area (Å²) < 4.78 is 40.3. The first-order chi connectivity index (χ1) is 23.3. The molecule has 0 spiro atoms. The molecule has 3 saturated heterocycles. The second-order valence-electron chi connectivity index (χ2n) is 13.1. The molecule has 0 aromatic heterocycles. The van der Waals surface area contributed by atoms with E-state index in [0.717, 1.165) is 17.7 Å². The van der Waals surface area contributed by atoms with Crippen LogP contribution in [0.3, 0.4) is 0 Å². The van der Waals surface area contributed by atoms with Crippen LogP contribution in [-0.2, 0) is 19.8 Å². The van der Waals surface area contributed by atoms with Crippen LogP contribution in [0.15, 0.2) is 66.7 Å². The third kappa shape index (κ3) is 6.71. The number of alkyl halides is 2. The lowest BCUT2D eigenvalue weighted by molar-refractivity contribution is -0.147. The summed E-state index contributed by atoms with van der Waals surface area (Å²) in [6, 6.07) is 17.5. The molecule has 258 valence electrons. The molecule has 6 rings (SSSR count). The standard InChI is InChI=1S/C35H38F2N5O6P/c1-2-40-15-14-28-12-13-31(34(45)41-19-26(18-38)29(20-41)23-6-4-3-5-7-23)42(28)33(44)30(21-40)39-32(43)24-9-8-22-10-11-27(17-25(22)16-24)35(36,37)49(46,47)48/h3-11,16-17,26,28-31H,2,12-15,19-21H2,1H3,(H,39,43)(H2,46,47,48)/t26-,28-,29+,30+,31+/m1/s1. The molecule has 5 atom stereocenters. The average molecular weight is 694 g/mol. The molecule has 3 aliphatic rings. The van der Waals surface area contributed by atoms with Crippen molar-refractivity contribution in [1.29, 1.82) is 5.26 Å². The van der Waals surface area contributed by atoms with E-state index in [9.17, 15) is 42.8 Å². The maximum Gasteiger partial charge on any atom is 0.399 e. The molecule has 3 aromatic rings. The van der Waals surface area contributed by atoms with Crippen LogP contribution in [-0.4, -0.2) is 93.1 Å². The van der Waals surface area contributed by atoms with Crippen molar-refractivity contribution in [2.45, 2.75) is 55.9 Å². The van der Waals surface area contributed by atoms with Crippen LogP contribution < -0.4 is 5.32 Å². The summed E-state index contributed by atoms with van der Waals surface area (Å²) in [5.41, 5.74) is -4.25. The number of rotatable bonds is 7. The van der Waals surface area contributed by atoms with Gasteiger partial charge in [0, 0.05) is 49.3 Å². The number of nitrogens with one attached hydrogen (secondary N) is 1. The van der Waals surface area contributed by atoms with E-state index in [4.69, 9.17) is 0 Å². The first-order valence-corrected chi connectivity index (χ1v) is 18.0. The monoisotopic (exact) mass is 693 g/mol. The van der Waals surface area contributed by atoms with Gasteiger partial charge >= 0.3 is 13.3 Å². The summed E-state index contributed by atoms with van der Waals surface area (Å²) in [6.45, 7) is 4.09. The first kappa shape index (κ1) is 34.6. The molecule has 3 fully saturated rings. The van der Waals surface area contributed by atoms with Crippen LogP contribution in [0.1, 0.15) is 53.6 Å². The lowest BCUT2D eigenvalue weighted by Crippen LogP contribution is -2.60. The van der Waals surface area contributed by atoms with E-state index in [1.807, 2.05) is 37.3 Å². The zero-order valence-electron chi connectivity index (χ0n) is 26.9. The molecule has 0 aliphatic carbocycles. The minimum atomic E-state index is -5.80. The number of nitrogens with zero attached hydrogens (tertiary/aromatic N) is 4. The van der Waals surface area contributed by atoms with E-state index < -0.39 is 36.8 Å². The number of hydrogen-bond acceptors (Lipinski definition) is 6. The predicted molar refractivity (Wildman–Crippen MR) is 176 cm³/mol. The van der Waals surface area contributed by atoms with E-state index in [0.29, 0.717) is 44.3 Å². The van der Waals surface area contributed by atoms with E-state index in [1.165, 1.54) is 24.3 Å². The van der Waals surface area contributed by atoms with Gasteiger partial charge in [-0.1, -0.05) is 55.5 Å². The summed E-state index contributed by atoms with van der Waals surface area (Å²) in [7, 11) is -5.80. The molecule has 0 unspecified atom stereocenters. The molecule has 3 N–H and O–H groups in total. The third-order valence-electron chi connectivity index (χ3n) is 10.2. The summed E-state index contributed by atoms with van der Waals surface area (Å²) in [4.78, 5) is 65.7. The number of hydrogen-bond donors (Lipinski definition) is 3. The fourth-order valence-electron chi connectivity index (χ4n) is 7.42. The van der Waals surface area contributed by atoms with E-state index in [2.05, 4.69) is 16.3 Å². The van der Waals surface area contributed by atoms with Crippen molar-refractivity contribution in [1.82, 2.24) is 20.0 Å². The van der Waals surface area contributed by atoms with Gasteiger partial charge in [0.2, 0.25) is 11.8 Å². The zero-order valence-corrected chi connectivity index (χ0v) is 27.8. The highest BCUT2D eigenvalue weighted by molar-refractivity contribution is 7.52. The van der Waals surface area contributed by atoms with Gasteiger partial charge in [-0.05, 0) is 60.3 Å². The first-order valence-electron chi connectivity index (χ1n) is 16.4. The number of nitriles is 1. The quantitative estimate of drug-likeness (QED) is 0.314. The number of fused-ring (bicyclic) bond motifs is 2. The van der Waals surface area contributed by atoms with Crippen molar-refractivity contribution in [3.63, 3.8) is 0 Å². The minimum absolute atomic E-state index is 0.0687. The third-order valence-corrected chi connectivity index (χ3v) is 11.1. The van der Waals surface area contributed by atoms with Gasteiger partial charge in [-0.25, -0.2) is 0 Å². The predicted octanol–water partition coefficient (Wildman–Crippen LogP) is 4.02. The van der Waals surface area contributed by atoms with Gasteiger partial charge in [0.25, 0.3) is 5.91 Å². The highest BCUT2D eigenvalue weighted by atomic mass is 31.2. The topological polar surface area (TPSA) is 154 Å². The average Bonchev–Trinajstić information content (AvgIpc) is 3.72. The van der Waals surface area contributed by atoms with Crippen molar-refractivity contribution in [2.24, 2.45) is 5.92 Å². The lowest BCUT2D eigenvalue weighted by Gasteiger charge is -2.39. The molecule has 49 heavy (non-hydrogen) atoms.